The summed E-state index contributed by atoms with van der Waals surface area (Å²) in [6.07, 6.45) is 6.34. The van der Waals surface area contributed by atoms with E-state index in [4.69, 9.17) is 0 Å². The Hall–Kier alpha value is -2.44. The minimum atomic E-state index is -0.981. The normalized spacial score (nSPS) is 18.9. The van der Waals surface area contributed by atoms with Crippen LogP contribution in [-0.2, 0) is 10.3 Å². The molecule has 6 heteroatoms. The molecule has 3 N–H and O–H groups in total. The van der Waals surface area contributed by atoms with E-state index in [0.29, 0.717) is 19.4 Å². The monoisotopic (exact) mass is 383 g/mol. The van der Waals surface area contributed by atoms with E-state index < -0.39 is 11.7 Å². The van der Waals surface area contributed by atoms with Crippen LogP contribution in [0.1, 0.15) is 31.2 Å². The number of benzene rings is 1. The second-order valence-electron chi connectivity index (χ2n) is 7.27. The quantitative estimate of drug-likeness (QED) is 0.640. The third-order valence-electron chi connectivity index (χ3n) is 5.55. The van der Waals surface area contributed by atoms with Crippen molar-refractivity contribution in [2.45, 2.75) is 31.3 Å². The average molecular weight is 383 g/mol. The van der Waals surface area contributed by atoms with Gasteiger partial charge < -0.3 is 20.5 Å². The molecule has 1 aliphatic heterocycles. The lowest BCUT2D eigenvalue weighted by Gasteiger charge is -2.40. The highest BCUT2D eigenvalue weighted by molar-refractivity contribution is 5.68. The third kappa shape index (κ3) is 4.69. The maximum absolute atomic E-state index is 12.0. The van der Waals surface area contributed by atoms with Crippen molar-refractivity contribution in [1.82, 2.24) is 15.6 Å². The van der Waals surface area contributed by atoms with E-state index in [9.17, 15) is 9.90 Å². The molecule has 0 aliphatic carbocycles. The number of aliphatic hydroxyl groups is 1. The number of ether oxygens (including phenoxy) is 1. The Labute approximate surface area is 166 Å². The van der Waals surface area contributed by atoms with Crippen LogP contribution in [0.5, 0.6) is 0 Å². The van der Waals surface area contributed by atoms with Gasteiger partial charge in [0, 0.05) is 31.4 Å². The molecule has 2 aromatic rings. The fourth-order valence-corrected chi connectivity index (χ4v) is 4.08. The zero-order chi connectivity index (χ0) is 19.8. The fraction of sp³-hybridized carbons (Fsp3) is 0.455. The van der Waals surface area contributed by atoms with E-state index in [0.717, 1.165) is 42.6 Å². The van der Waals surface area contributed by atoms with Gasteiger partial charge in [0.25, 0.3) is 0 Å². The summed E-state index contributed by atoms with van der Waals surface area (Å²) in [4.78, 5) is 15.4. The summed E-state index contributed by atoms with van der Waals surface area (Å²) in [5.74, 6) is 0.113. The van der Waals surface area contributed by atoms with Crippen molar-refractivity contribution in [2.75, 3.05) is 26.7 Å². The molecule has 0 radical (unpaired) electrons. The van der Waals surface area contributed by atoms with Gasteiger partial charge in [0.2, 0.25) is 0 Å². The smallest absolute Gasteiger partial charge is 0.406 e. The van der Waals surface area contributed by atoms with Gasteiger partial charge in [0.1, 0.15) is 0 Å². The first-order valence-electron chi connectivity index (χ1n) is 9.90. The lowest BCUT2D eigenvalue weighted by Crippen LogP contribution is -2.45. The molecule has 2 atom stereocenters. The topological polar surface area (TPSA) is 83.5 Å². The van der Waals surface area contributed by atoms with E-state index in [1.54, 1.807) is 12.4 Å². The first-order chi connectivity index (χ1) is 13.6. The number of piperidine rings is 1. The third-order valence-corrected chi connectivity index (χ3v) is 5.55. The van der Waals surface area contributed by atoms with Gasteiger partial charge in [0.05, 0.1) is 12.7 Å². The summed E-state index contributed by atoms with van der Waals surface area (Å²) in [5.41, 5.74) is 2.03. The van der Waals surface area contributed by atoms with Gasteiger partial charge >= 0.3 is 6.09 Å². The van der Waals surface area contributed by atoms with Crippen LogP contribution in [0, 0.1) is 5.92 Å². The molecule has 1 aromatic heterocycles. The SMILES string of the molecule is COC(=O)NCCC[C@@](O)(c1ccccc1-c1ccncc1)[C@@H]1CCCNC1. The average Bonchev–Trinajstić information content (AvgIpc) is 2.77. The molecule has 0 bridgehead atoms. The standard InChI is InChI=1S/C22H29N3O3/c1-28-21(26)25-13-5-11-22(27,18-6-4-12-24-16-18)20-8-3-2-7-19(20)17-9-14-23-15-10-17/h2-3,7-10,14-15,18,24,27H,4-6,11-13,16H2,1H3,(H,25,26)/t18-,22+/m1/s1. The molecule has 150 valence electrons. The summed E-state index contributed by atoms with van der Waals surface area (Å²) in [7, 11) is 1.35. The molecule has 6 nitrogen and oxygen atoms in total. The van der Waals surface area contributed by atoms with Gasteiger partial charge in [-0.1, -0.05) is 24.3 Å². The predicted octanol–water partition coefficient (Wildman–Crippen LogP) is 3.07. The van der Waals surface area contributed by atoms with Crippen LogP contribution >= 0.6 is 0 Å². The van der Waals surface area contributed by atoms with Gasteiger partial charge in [-0.25, -0.2) is 4.79 Å². The van der Waals surface area contributed by atoms with Crippen LogP contribution in [0.4, 0.5) is 4.79 Å². The van der Waals surface area contributed by atoms with Gasteiger partial charge in [-0.15, -0.1) is 0 Å². The highest BCUT2D eigenvalue weighted by atomic mass is 16.5. The molecule has 0 unspecified atom stereocenters. The number of hydrogen-bond donors (Lipinski definition) is 3. The number of hydrogen-bond acceptors (Lipinski definition) is 5. The number of alkyl carbamates (subject to hydrolysis) is 1. The summed E-state index contributed by atoms with van der Waals surface area (Å²) in [6, 6.07) is 12.0. The number of pyridine rings is 1. The molecule has 0 saturated carbocycles. The zero-order valence-corrected chi connectivity index (χ0v) is 16.4. The summed E-state index contributed by atoms with van der Waals surface area (Å²) >= 11 is 0. The Kier molecular flexibility index (Phi) is 7.01. The minimum Gasteiger partial charge on any atom is -0.453 e. The Morgan fingerprint density at radius 3 is 2.82 bits per heavy atom. The van der Waals surface area contributed by atoms with Crippen LogP contribution in [0.15, 0.2) is 48.8 Å². The summed E-state index contributed by atoms with van der Waals surface area (Å²) in [6.45, 7) is 2.24. The number of carbonyl (C=O) groups is 1. The molecule has 1 aromatic carbocycles. The molecule has 0 spiro atoms. The molecule has 1 saturated heterocycles. The number of methoxy groups -OCH3 is 1. The lowest BCUT2D eigenvalue weighted by atomic mass is 9.72. The van der Waals surface area contributed by atoms with Gasteiger partial charge in [-0.3, -0.25) is 4.98 Å². The van der Waals surface area contributed by atoms with Crippen LogP contribution in [-0.4, -0.2) is 42.9 Å². The molecule has 2 heterocycles. The second-order valence-corrected chi connectivity index (χ2v) is 7.27. The first-order valence-corrected chi connectivity index (χ1v) is 9.90. The largest absolute Gasteiger partial charge is 0.453 e. The van der Waals surface area contributed by atoms with Crippen molar-refractivity contribution >= 4 is 6.09 Å². The van der Waals surface area contributed by atoms with Crippen LogP contribution in [0.2, 0.25) is 0 Å². The van der Waals surface area contributed by atoms with Crippen molar-refractivity contribution in [1.29, 1.82) is 0 Å². The van der Waals surface area contributed by atoms with Crippen molar-refractivity contribution in [2.24, 2.45) is 5.92 Å². The molecule has 3 rings (SSSR count). The van der Waals surface area contributed by atoms with Crippen molar-refractivity contribution in [3.63, 3.8) is 0 Å². The number of nitrogens with zero attached hydrogens (tertiary/aromatic N) is 1. The fourth-order valence-electron chi connectivity index (χ4n) is 4.08. The Morgan fingerprint density at radius 1 is 1.32 bits per heavy atom. The van der Waals surface area contributed by atoms with Gasteiger partial charge in [0.15, 0.2) is 0 Å². The van der Waals surface area contributed by atoms with Crippen LogP contribution in [0.25, 0.3) is 11.1 Å². The second kappa shape index (κ2) is 9.66. The van der Waals surface area contributed by atoms with E-state index in [1.807, 2.05) is 30.3 Å². The predicted molar refractivity (Wildman–Crippen MR) is 109 cm³/mol. The molecular weight excluding hydrogens is 354 g/mol. The lowest BCUT2D eigenvalue weighted by molar-refractivity contribution is -0.0415. The highest BCUT2D eigenvalue weighted by Crippen LogP contribution is 2.42. The molecule has 1 fully saturated rings. The maximum atomic E-state index is 12.0. The van der Waals surface area contributed by atoms with Crippen LogP contribution in [0.3, 0.4) is 0 Å². The maximum Gasteiger partial charge on any atom is 0.406 e. The Morgan fingerprint density at radius 2 is 2.11 bits per heavy atom. The Bertz CT molecular complexity index is 763. The molecular formula is C22H29N3O3. The van der Waals surface area contributed by atoms with Crippen molar-refractivity contribution in [3.8, 4) is 11.1 Å². The van der Waals surface area contributed by atoms with E-state index in [2.05, 4.69) is 26.4 Å². The van der Waals surface area contributed by atoms with Gasteiger partial charge in [-0.05, 0) is 61.1 Å². The van der Waals surface area contributed by atoms with Crippen LogP contribution < -0.4 is 10.6 Å². The molecule has 28 heavy (non-hydrogen) atoms. The van der Waals surface area contributed by atoms with E-state index >= 15 is 0 Å². The zero-order valence-electron chi connectivity index (χ0n) is 16.4. The molecule has 1 aliphatic rings. The van der Waals surface area contributed by atoms with E-state index in [-0.39, 0.29) is 5.92 Å². The highest BCUT2D eigenvalue weighted by Gasteiger charge is 2.40. The van der Waals surface area contributed by atoms with Crippen molar-refractivity contribution in [3.05, 3.63) is 54.4 Å². The Balaban J connectivity index is 1.90. The van der Waals surface area contributed by atoms with Gasteiger partial charge in [-0.2, -0.15) is 0 Å². The number of aromatic nitrogens is 1. The first kappa shape index (κ1) is 20.3. The molecule has 1 amide bonds. The van der Waals surface area contributed by atoms with Crippen molar-refractivity contribution < 1.29 is 14.6 Å². The number of carbonyl (C=O) groups excluding carboxylic acids is 1. The number of nitrogens with one attached hydrogen (secondary N) is 2. The number of amides is 1. The van der Waals surface area contributed by atoms with E-state index in [1.165, 1.54) is 7.11 Å². The minimum absolute atomic E-state index is 0.113. The summed E-state index contributed by atoms with van der Waals surface area (Å²) < 4.78 is 4.63. The summed E-state index contributed by atoms with van der Waals surface area (Å²) in [5, 5.41) is 18.1. The number of rotatable bonds is 7.